The standard InChI is InChI=1S/C14H15F3N2O/c1-9-8-13(20-19-9)12(18)7-4-10-2-5-11(6-3-10)14(15,16)17/h2-3,5-6,8,12H,4,7,18H2,1H3. The van der Waals surface area contributed by atoms with Crippen LogP contribution in [0.25, 0.3) is 0 Å². The monoisotopic (exact) mass is 284 g/mol. The first kappa shape index (κ1) is 14.6. The first-order chi connectivity index (χ1) is 9.36. The summed E-state index contributed by atoms with van der Waals surface area (Å²) in [6, 6.07) is 6.57. The van der Waals surface area contributed by atoms with E-state index in [0.717, 1.165) is 23.4 Å². The third-order valence-corrected chi connectivity index (χ3v) is 3.04. The molecule has 2 rings (SSSR count). The maximum atomic E-state index is 12.4. The van der Waals surface area contributed by atoms with Crippen molar-refractivity contribution in [2.75, 3.05) is 0 Å². The molecule has 0 aliphatic carbocycles. The summed E-state index contributed by atoms with van der Waals surface area (Å²) in [5, 5.41) is 3.75. The van der Waals surface area contributed by atoms with Gasteiger partial charge < -0.3 is 10.3 Å². The molecule has 3 nitrogen and oxygen atoms in total. The van der Waals surface area contributed by atoms with Crippen LogP contribution >= 0.6 is 0 Å². The molecule has 0 fully saturated rings. The number of benzene rings is 1. The van der Waals surface area contributed by atoms with Crippen molar-refractivity contribution in [1.29, 1.82) is 0 Å². The van der Waals surface area contributed by atoms with Crippen molar-refractivity contribution in [2.24, 2.45) is 5.73 Å². The SMILES string of the molecule is Cc1cc(C(N)CCc2ccc(C(F)(F)F)cc2)on1. The van der Waals surface area contributed by atoms with E-state index in [4.69, 9.17) is 10.3 Å². The van der Waals surface area contributed by atoms with Gasteiger partial charge >= 0.3 is 6.18 Å². The van der Waals surface area contributed by atoms with Gasteiger partial charge in [-0.15, -0.1) is 0 Å². The van der Waals surface area contributed by atoms with Crippen molar-refractivity contribution in [2.45, 2.75) is 32.0 Å². The first-order valence-electron chi connectivity index (χ1n) is 6.21. The Morgan fingerprint density at radius 2 is 1.90 bits per heavy atom. The van der Waals surface area contributed by atoms with E-state index < -0.39 is 11.7 Å². The van der Waals surface area contributed by atoms with Crippen LogP contribution in [0, 0.1) is 6.92 Å². The molecule has 0 spiro atoms. The van der Waals surface area contributed by atoms with Crippen LogP contribution in [0.2, 0.25) is 0 Å². The highest BCUT2D eigenvalue weighted by Crippen LogP contribution is 2.29. The van der Waals surface area contributed by atoms with Gasteiger partial charge in [0.25, 0.3) is 0 Å². The molecular weight excluding hydrogens is 269 g/mol. The topological polar surface area (TPSA) is 52.0 Å². The highest BCUT2D eigenvalue weighted by Gasteiger charge is 2.29. The lowest BCUT2D eigenvalue weighted by molar-refractivity contribution is -0.137. The van der Waals surface area contributed by atoms with E-state index in [1.165, 1.54) is 12.1 Å². The highest BCUT2D eigenvalue weighted by atomic mass is 19.4. The molecule has 0 aliphatic rings. The van der Waals surface area contributed by atoms with E-state index >= 15 is 0 Å². The molecule has 0 saturated heterocycles. The summed E-state index contributed by atoms with van der Waals surface area (Å²) in [4.78, 5) is 0. The molecule has 1 unspecified atom stereocenters. The van der Waals surface area contributed by atoms with Gasteiger partial charge in [0, 0.05) is 6.07 Å². The molecule has 1 aromatic heterocycles. The zero-order valence-electron chi connectivity index (χ0n) is 10.9. The van der Waals surface area contributed by atoms with Gasteiger partial charge in [0.2, 0.25) is 0 Å². The Morgan fingerprint density at radius 1 is 1.25 bits per heavy atom. The van der Waals surface area contributed by atoms with Crippen molar-refractivity contribution in [3.8, 4) is 0 Å². The second-order valence-corrected chi connectivity index (χ2v) is 4.71. The second kappa shape index (κ2) is 5.66. The second-order valence-electron chi connectivity index (χ2n) is 4.71. The minimum Gasteiger partial charge on any atom is -0.359 e. The highest BCUT2D eigenvalue weighted by molar-refractivity contribution is 5.24. The minimum atomic E-state index is -4.30. The third-order valence-electron chi connectivity index (χ3n) is 3.04. The van der Waals surface area contributed by atoms with E-state index in [-0.39, 0.29) is 6.04 Å². The normalized spacial score (nSPS) is 13.4. The zero-order valence-corrected chi connectivity index (χ0v) is 10.9. The van der Waals surface area contributed by atoms with Gasteiger partial charge in [0.1, 0.15) is 0 Å². The summed E-state index contributed by atoms with van der Waals surface area (Å²) in [6.45, 7) is 1.80. The van der Waals surface area contributed by atoms with Gasteiger partial charge in [-0.2, -0.15) is 13.2 Å². The van der Waals surface area contributed by atoms with Crippen molar-refractivity contribution in [3.63, 3.8) is 0 Å². The van der Waals surface area contributed by atoms with Crippen molar-refractivity contribution < 1.29 is 17.7 Å². The number of hydrogen-bond acceptors (Lipinski definition) is 3. The lowest BCUT2D eigenvalue weighted by Crippen LogP contribution is -2.10. The largest absolute Gasteiger partial charge is 0.416 e. The van der Waals surface area contributed by atoms with Crippen LogP contribution in [0.1, 0.15) is 35.0 Å². The number of hydrogen-bond donors (Lipinski definition) is 1. The van der Waals surface area contributed by atoms with Crippen LogP contribution in [0.5, 0.6) is 0 Å². The van der Waals surface area contributed by atoms with E-state index in [9.17, 15) is 13.2 Å². The molecule has 0 saturated carbocycles. The Bertz CT molecular complexity index is 561. The number of aryl methyl sites for hydroxylation is 2. The van der Waals surface area contributed by atoms with E-state index in [1.807, 2.05) is 0 Å². The summed E-state index contributed by atoms with van der Waals surface area (Å²) in [7, 11) is 0. The zero-order chi connectivity index (χ0) is 14.8. The van der Waals surface area contributed by atoms with E-state index in [0.29, 0.717) is 18.6 Å². The Morgan fingerprint density at radius 3 is 2.40 bits per heavy atom. The Hall–Kier alpha value is -1.82. The van der Waals surface area contributed by atoms with E-state index in [1.54, 1.807) is 13.0 Å². The molecule has 108 valence electrons. The summed E-state index contributed by atoms with van der Waals surface area (Å²) in [5.74, 6) is 0.592. The fourth-order valence-corrected chi connectivity index (χ4v) is 1.88. The molecule has 2 N–H and O–H groups in total. The van der Waals surface area contributed by atoms with Gasteiger partial charge in [0.05, 0.1) is 17.3 Å². The summed E-state index contributed by atoms with van der Waals surface area (Å²) >= 11 is 0. The van der Waals surface area contributed by atoms with E-state index in [2.05, 4.69) is 5.16 Å². The molecular formula is C14H15F3N2O. The van der Waals surface area contributed by atoms with Gasteiger partial charge in [-0.1, -0.05) is 17.3 Å². The lowest BCUT2D eigenvalue weighted by Gasteiger charge is -2.09. The van der Waals surface area contributed by atoms with Crippen LogP contribution in [-0.4, -0.2) is 5.16 Å². The summed E-state index contributed by atoms with van der Waals surface area (Å²) in [6.07, 6.45) is -3.13. The van der Waals surface area contributed by atoms with Gasteiger partial charge in [-0.3, -0.25) is 0 Å². The molecule has 1 heterocycles. The molecule has 20 heavy (non-hydrogen) atoms. The number of alkyl halides is 3. The fourth-order valence-electron chi connectivity index (χ4n) is 1.88. The molecule has 0 aliphatic heterocycles. The number of nitrogens with two attached hydrogens (primary N) is 1. The van der Waals surface area contributed by atoms with Crippen molar-refractivity contribution >= 4 is 0 Å². The summed E-state index contributed by atoms with van der Waals surface area (Å²) in [5.41, 5.74) is 6.86. The number of aromatic nitrogens is 1. The Labute approximate surface area is 114 Å². The molecule has 1 atom stereocenters. The molecule has 0 radical (unpaired) electrons. The number of nitrogens with zero attached hydrogens (tertiary/aromatic N) is 1. The molecule has 2 aromatic rings. The quantitative estimate of drug-likeness (QED) is 0.932. The van der Waals surface area contributed by atoms with Crippen molar-refractivity contribution in [1.82, 2.24) is 5.16 Å². The third kappa shape index (κ3) is 3.60. The van der Waals surface area contributed by atoms with Crippen LogP contribution in [0.15, 0.2) is 34.9 Å². The van der Waals surface area contributed by atoms with Crippen LogP contribution in [0.3, 0.4) is 0 Å². The smallest absolute Gasteiger partial charge is 0.359 e. The average Bonchev–Trinajstić information content (AvgIpc) is 2.82. The predicted molar refractivity (Wildman–Crippen MR) is 67.9 cm³/mol. The number of halogens is 3. The molecule has 0 bridgehead atoms. The van der Waals surface area contributed by atoms with Crippen LogP contribution < -0.4 is 5.73 Å². The van der Waals surface area contributed by atoms with Gasteiger partial charge in [-0.25, -0.2) is 0 Å². The maximum absolute atomic E-state index is 12.4. The summed E-state index contributed by atoms with van der Waals surface area (Å²) < 4.78 is 42.3. The maximum Gasteiger partial charge on any atom is 0.416 e. The van der Waals surface area contributed by atoms with Gasteiger partial charge in [0.15, 0.2) is 5.76 Å². The average molecular weight is 284 g/mol. The van der Waals surface area contributed by atoms with Crippen LogP contribution in [-0.2, 0) is 12.6 Å². The predicted octanol–water partition coefficient (Wildman–Crippen LogP) is 3.63. The Balaban J connectivity index is 1.94. The van der Waals surface area contributed by atoms with Crippen molar-refractivity contribution in [3.05, 3.63) is 52.9 Å². The fraction of sp³-hybridized carbons (Fsp3) is 0.357. The minimum absolute atomic E-state index is 0.307. The molecule has 1 aromatic carbocycles. The van der Waals surface area contributed by atoms with Gasteiger partial charge in [-0.05, 0) is 37.5 Å². The first-order valence-corrected chi connectivity index (χ1v) is 6.21. The number of rotatable bonds is 4. The lowest BCUT2D eigenvalue weighted by atomic mass is 10.0. The van der Waals surface area contributed by atoms with Crippen LogP contribution in [0.4, 0.5) is 13.2 Å². The Kier molecular flexibility index (Phi) is 4.13. The molecule has 0 amide bonds. The molecule has 6 heteroatoms.